The molecule has 1 amide bonds. The van der Waals surface area contributed by atoms with Crippen molar-refractivity contribution in [2.45, 2.75) is 18.4 Å². The van der Waals surface area contributed by atoms with Gasteiger partial charge in [-0.1, -0.05) is 11.3 Å². The number of carbonyl (C=O) groups excluding carboxylic acids is 1. The average Bonchev–Trinajstić information content (AvgIpc) is 3.46. The Kier molecular flexibility index (Phi) is 6.66. The lowest BCUT2D eigenvalue weighted by atomic mass is 10.3. The normalized spacial score (nSPS) is 11.5. The molecule has 2 aromatic carbocycles. The highest BCUT2D eigenvalue weighted by Crippen LogP contribution is 2.33. The molecule has 0 saturated carbocycles. The van der Waals surface area contributed by atoms with E-state index in [1.807, 2.05) is 25.1 Å². The molecular weight excluding hydrogens is 464 g/mol. The summed E-state index contributed by atoms with van der Waals surface area (Å²) in [5.41, 5.74) is 0.689. The van der Waals surface area contributed by atoms with Crippen molar-refractivity contribution < 1.29 is 27.1 Å². The van der Waals surface area contributed by atoms with Crippen LogP contribution in [0.15, 0.2) is 70.2 Å². The zero-order valence-corrected chi connectivity index (χ0v) is 19.7. The topological polar surface area (TPSA) is 98.9 Å². The van der Waals surface area contributed by atoms with Crippen LogP contribution in [-0.4, -0.2) is 38.8 Å². The molecule has 172 valence electrons. The molecule has 2 aromatic heterocycles. The molecule has 4 rings (SSSR count). The van der Waals surface area contributed by atoms with Crippen LogP contribution < -0.4 is 14.4 Å². The molecule has 10 heteroatoms. The molecule has 0 fully saturated rings. The number of hydrogen-bond acceptors (Lipinski definition) is 8. The molecule has 0 aliphatic carbocycles. The van der Waals surface area contributed by atoms with Crippen LogP contribution >= 0.6 is 11.3 Å². The number of hydrogen-bond donors (Lipinski definition) is 0. The van der Waals surface area contributed by atoms with E-state index in [2.05, 4.69) is 4.98 Å². The van der Waals surface area contributed by atoms with Crippen LogP contribution in [0.1, 0.15) is 12.7 Å². The van der Waals surface area contributed by atoms with Crippen molar-refractivity contribution in [3.63, 3.8) is 0 Å². The Morgan fingerprint density at radius 1 is 1.12 bits per heavy atom. The Labute approximate surface area is 195 Å². The molecule has 0 radical (unpaired) electrons. The highest BCUT2D eigenvalue weighted by molar-refractivity contribution is 7.92. The number of carbonyl (C=O) groups is 1. The van der Waals surface area contributed by atoms with E-state index in [1.54, 1.807) is 24.3 Å². The molecule has 2 heterocycles. The number of benzene rings is 2. The van der Waals surface area contributed by atoms with Crippen LogP contribution in [0, 0.1) is 0 Å². The van der Waals surface area contributed by atoms with Crippen LogP contribution in [0.4, 0.5) is 5.13 Å². The minimum atomic E-state index is -3.88. The minimum Gasteiger partial charge on any atom is -0.497 e. The Bertz CT molecular complexity index is 1350. The summed E-state index contributed by atoms with van der Waals surface area (Å²) in [5.74, 6) is 0.428. The van der Waals surface area contributed by atoms with E-state index in [4.69, 9.17) is 13.9 Å². The van der Waals surface area contributed by atoms with Crippen molar-refractivity contribution in [3.8, 4) is 11.5 Å². The predicted molar refractivity (Wildman–Crippen MR) is 126 cm³/mol. The maximum absolute atomic E-state index is 13.3. The van der Waals surface area contributed by atoms with Gasteiger partial charge in [-0.25, -0.2) is 13.4 Å². The highest BCUT2D eigenvalue weighted by Gasteiger charge is 2.27. The Hall–Kier alpha value is -3.37. The maximum atomic E-state index is 13.3. The number of furan rings is 1. The van der Waals surface area contributed by atoms with Crippen LogP contribution in [0.3, 0.4) is 0 Å². The second kappa shape index (κ2) is 9.63. The van der Waals surface area contributed by atoms with Crippen molar-refractivity contribution in [1.82, 2.24) is 4.98 Å². The molecule has 0 saturated heterocycles. The fourth-order valence-corrected chi connectivity index (χ4v) is 5.40. The summed E-state index contributed by atoms with van der Waals surface area (Å²) in [7, 11) is -2.39. The van der Waals surface area contributed by atoms with E-state index in [9.17, 15) is 13.2 Å². The number of ether oxygens (including phenoxy) is 2. The van der Waals surface area contributed by atoms with Crippen LogP contribution in [0.25, 0.3) is 10.2 Å². The first kappa shape index (κ1) is 22.8. The van der Waals surface area contributed by atoms with Crippen LogP contribution in [0.2, 0.25) is 0 Å². The summed E-state index contributed by atoms with van der Waals surface area (Å²) < 4.78 is 42.7. The van der Waals surface area contributed by atoms with Gasteiger partial charge in [0.05, 0.1) is 41.6 Å². The van der Waals surface area contributed by atoms with E-state index < -0.39 is 21.5 Å². The predicted octanol–water partition coefficient (Wildman–Crippen LogP) is 4.30. The van der Waals surface area contributed by atoms with Gasteiger partial charge in [-0.15, -0.1) is 0 Å². The molecule has 8 nitrogen and oxygen atoms in total. The van der Waals surface area contributed by atoms with E-state index in [0.717, 1.165) is 4.70 Å². The number of fused-ring (bicyclic) bond motifs is 1. The lowest BCUT2D eigenvalue weighted by molar-refractivity contribution is -0.116. The van der Waals surface area contributed by atoms with Crippen LogP contribution in [-0.2, 0) is 21.2 Å². The fraction of sp³-hybridized carbons (Fsp3) is 0.217. The molecule has 0 aliphatic heterocycles. The molecule has 0 aliphatic rings. The number of aromatic nitrogens is 1. The fourth-order valence-electron chi connectivity index (χ4n) is 3.19. The molecular formula is C23H22N2O6S2. The standard InChI is InChI=1S/C23H22N2O6S2/c1-3-30-17-8-11-20-21(13-17)32-23(24-20)25(14-18-5-4-12-31-18)22(26)15-33(27,28)19-9-6-16(29-2)7-10-19/h4-13H,3,14-15H2,1-2H3. The van der Waals surface area contributed by atoms with Gasteiger partial charge in [0.25, 0.3) is 0 Å². The van der Waals surface area contributed by atoms with E-state index >= 15 is 0 Å². The Balaban J connectivity index is 1.65. The van der Waals surface area contributed by atoms with Gasteiger partial charge in [-0.2, -0.15) is 0 Å². The van der Waals surface area contributed by atoms with E-state index in [0.29, 0.717) is 34.5 Å². The molecule has 0 atom stereocenters. The van der Waals surface area contributed by atoms with Crippen molar-refractivity contribution >= 4 is 42.4 Å². The summed E-state index contributed by atoms with van der Waals surface area (Å²) in [6.07, 6.45) is 1.50. The average molecular weight is 487 g/mol. The highest BCUT2D eigenvalue weighted by atomic mass is 32.2. The SMILES string of the molecule is CCOc1ccc2nc(N(Cc3ccco3)C(=O)CS(=O)(=O)c3ccc(OC)cc3)sc2c1. The van der Waals surface area contributed by atoms with Gasteiger partial charge in [-0.3, -0.25) is 9.69 Å². The number of methoxy groups -OCH3 is 1. The Morgan fingerprint density at radius 2 is 1.88 bits per heavy atom. The molecule has 33 heavy (non-hydrogen) atoms. The lowest BCUT2D eigenvalue weighted by Gasteiger charge is -2.18. The minimum absolute atomic E-state index is 0.0419. The maximum Gasteiger partial charge on any atom is 0.244 e. The molecule has 4 aromatic rings. The number of amides is 1. The largest absolute Gasteiger partial charge is 0.497 e. The zero-order valence-electron chi connectivity index (χ0n) is 18.1. The summed E-state index contributed by atoms with van der Waals surface area (Å²) in [4.78, 5) is 19.2. The van der Waals surface area contributed by atoms with E-state index in [-0.39, 0.29) is 11.4 Å². The molecule has 0 unspecified atom stereocenters. The first-order valence-corrected chi connectivity index (χ1v) is 12.6. The number of nitrogens with zero attached hydrogens (tertiary/aromatic N) is 2. The number of thiazole rings is 1. The monoisotopic (exact) mass is 486 g/mol. The van der Waals surface area contributed by atoms with E-state index in [1.165, 1.54) is 41.7 Å². The third-order valence-electron chi connectivity index (χ3n) is 4.82. The molecule has 0 spiro atoms. The number of anilines is 1. The first-order chi connectivity index (χ1) is 15.9. The Morgan fingerprint density at radius 3 is 2.55 bits per heavy atom. The van der Waals surface area contributed by atoms with Gasteiger partial charge in [0.1, 0.15) is 23.0 Å². The second-order valence-electron chi connectivity index (χ2n) is 7.05. The van der Waals surface area contributed by atoms with Gasteiger partial charge >= 0.3 is 0 Å². The number of sulfone groups is 1. The zero-order chi connectivity index (χ0) is 23.4. The molecule has 0 N–H and O–H groups in total. The van der Waals surface area contributed by atoms with Crippen molar-refractivity contribution in [2.24, 2.45) is 0 Å². The van der Waals surface area contributed by atoms with Crippen molar-refractivity contribution in [2.75, 3.05) is 24.4 Å². The molecule has 0 bridgehead atoms. The summed E-state index contributed by atoms with van der Waals surface area (Å²) >= 11 is 1.28. The van der Waals surface area contributed by atoms with Gasteiger partial charge in [0, 0.05) is 0 Å². The summed E-state index contributed by atoms with van der Waals surface area (Å²) in [6.45, 7) is 2.49. The first-order valence-electron chi connectivity index (χ1n) is 10.1. The summed E-state index contributed by atoms with van der Waals surface area (Å²) in [5, 5.41) is 0.380. The van der Waals surface area contributed by atoms with Crippen molar-refractivity contribution in [1.29, 1.82) is 0 Å². The lowest BCUT2D eigenvalue weighted by Crippen LogP contribution is -2.35. The number of rotatable bonds is 9. The second-order valence-corrected chi connectivity index (χ2v) is 10.1. The third kappa shape index (κ3) is 5.18. The van der Waals surface area contributed by atoms with Gasteiger partial charge in [0.2, 0.25) is 5.91 Å². The van der Waals surface area contributed by atoms with Crippen LogP contribution in [0.5, 0.6) is 11.5 Å². The van der Waals surface area contributed by atoms with Crippen molar-refractivity contribution in [3.05, 3.63) is 66.6 Å². The quantitative estimate of drug-likeness (QED) is 0.348. The van der Waals surface area contributed by atoms with Gasteiger partial charge in [0.15, 0.2) is 15.0 Å². The van der Waals surface area contributed by atoms with Gasteiger partial charge in [-0.05, 0) is 61.5 Å². The smallest absolute Gasteiger partial charge is 0.244 e. The summed E-state index contributed by atoms with van der Waals surface area (Å²) in [6, 6.07) is 14.8. The third-order valence-corrected chi connectivity index (χ3v) is 7.48. The van der Waals surface area contributed by atoms with Gasteiger partial charge < -0.3 is 13.9 Å².